The first-order valence-corrected chi connectivity index (χ1v) is 13.9. The average Bonchev–Trinajstić information content (AvgIpc) is 2.99. The number of benzene rings is 5. The Hall–Kier alpha value is -4.04. The van der Waals surface area contributed by atoms with E-state index in [1.165, 1.54) is 47.2 Å². The fourth-order valence-electron chi connectivity index (χ4n) is 6.20. The van der Waals surface area contributed by atoms with Gasteiger partial charge in [-0.1, -0.05) is 92.7 Å². The monoisotopic (exact) mass is 496 g/mol. The number of fused-ring (bicyclic) bond motifs is 7. The van der Waals surface area contributed by atoms with Crippen molar-refractivity contribution in [3.05, 3.63) is 129 Å². The molecule has 0 aromatic heterocycles. The Morgan fingerprint density at radius 2 is 1.32 bits per heavy atom. The summed E-state index contributed by atoms with van der Waals surface area (Å²) in [6.07, 6.45) is 6.84. The summed E-state index contributed by atoms with van der Waals surface area (Å²) < 4.78 is 0. The minimum atomic E-state index is -0.0276. The molecule has 38 heavy (non-hydrogen) atoms. The van der Waals surface area contributed by atoms with Crippen molar-refractivity contribution in [2.24, 2.45) is 0 Å². The van der Waals surface area contributed by atoms with Crippen molar-refractivity contribution in [3.8, 4) is 0 Å². The maximum atomic E-state index is 12.7. The van der Waals surface area contributed by atoms with Crippen LogP contribution in [0, 0.1) is 0 Å². The normalized spacial score (nSPS) is 13.9. The van der Waals surface area contributed by atoms with E-state index in [0.717, 1.165) is 24.0 Å². The first-order valence-electron chi connectivity index (χ1n) is 13.9. The van der Waals surface area contributed by atoms with Crippen molar-refractivity contribution < 1.29 is 9.59 Å². The summed E-state index contributed by atoms with van der Waals surface area (Å²) in [4.78, 5) is 25.3. The lowest BCUT2D eigenvalue weighted by Gasteiger charge is -2.21. The van der Waals surface area contributed by atoms with E-state index < -0.39 is 0 Å². The van der Waals surface area contributed by atoms with Crippen LogP contribution < -0.4 is 0 Å². The highest BCUT2D eigenvalue weighted by molar-refractivity contribution is 6.29. The van der Waals surface area contributed by atoms with Crippen LogP contribution in [0.1, 0.15) is 80.8 Å². The first kappa shape index (κ1) is 24.3. The van der Waals surface area contributed by atoms with Crippen LogP contribution in [0.15, 0.2) is 84.9 Å². The third-order valence-corrected chi connectivity index (χ3v) is 8.21. The zero-order chi connectivity index (χ0) is 26.2. The van der Waals surface area contributed by atoms with Gasteiger partial charge in [-0.25, -0.2) is 0 Å². The number of ketones is 2. The number of carbonyl (C=O) groups excluding carboxylic acids is 2. The molecule has 2 aliphatic rings. The molecule has 0 bridgehead atoms. The van der Waals surface area contributed by atoms with Gasteiger partial charge < -0.3 is 0 Å². The van der Waals surface area contributed by atoms with Crippen molar-refractivity contribution in [2.75, 3.05) is 0 Å². The highest BCUT2D eigenvalue weighted by atomic mass is 16.1. The molecule has 0 amide bonds. The van der Waals surface area contributed by atoms with E-state index in [1.807, 2.05) is 13.0 Å². The summed E-state index contributed by atoms with van der Waals surface area (Å²) >= 11 is 0. The summed E-state index contributed by atoms with van der Waals surface area (Å²) in [5.74, 6) is -0.0464. The summed E-state index contributed by atoms with van der Waals surface area (Å²) in [6, 6.07) is 29.0. The molecule has 188 valence electrons. The van der Waals surface area contributed by atoms with E-state index in [0.29, 0.717) is 22.3 Å². The molecule has 5 aromatic carbocycles. The van der Waals surface area contributed by atoms with Gasteiger partial charge in [0.25, 0.3) is 0 Å². The van der Waals surface area contributed by atoms with Gasteiger partial charge in [0, 0.05) is 22.3 Å². The maximum Gasteiger partial charge on any atom is 0.194 e. The fraction of sp³-hybridized carbons (Fsp3) is 0.222. The minimum Gasteiger partial charge on any atom is -0.289 e. The molecule has 0 unspecified atom stereocenters. The molecule has 0 N–H and O–H groups in total. The molecular formula is C36H32O2. The Morgan fingerprint density at radius 3 is 2.11 bits per heavy atom. The molecule has 0 spiro atoms. The molecule has 0 saturated carbocycles. The molecule has 0 atom stereocenters. The number of rotatable bonds is 2. The summed E-state index contributed by atoms with van der Waals surface area (Å²) in [5.41, 5.74) is 7.50. The van der Waals surface area contributed by atoms with Crippen molar-refractivity contribution in [1.29, 1.82) is 0 Å². The minimum absolute atomic E-state index is 0.0188. The summed E-state index contributed by atoms with van der Waals surface area (Å²) in [6.45, 7) is 4.08. The molecule has 2 aliphatic carbocycles. The van der Waals surface area contributed by atoms with Crippen LogP contribution in [0.3, 0.4) is 0 Å². The van der Waals surface area contributed by atoms with Crippen LogP contribution in [-0.2, 0) is 25.7 Å². The lowest BCUT2D eigenvalue weighted by atomic mass is 9.80. The lowest BCUT2D eigenvalue weighted by molar-refractivity contribution is 0.0978. The van der Waals surface area contributed by atoms with Gasteiger partial charge in [-0.2, -0.15) is 0 Å². The van der Waals surface area contributed by atoms with E-state index in [4.69, 9.17) is 0 Å². The van der Waals surface area contributed by atoms with E-state index in [1.54, 1.807) is 35.4 Å². The lowest BCUT2D eigenvalue weighted by Crippen LogP contribution is -2.22. The SMILES string of the molecule is CCc1cc(CC)c2c(c1)C(=O)c1ccccc1C2=O.c1ccc2c(c1)ccc1c3c(ccc12)CCCC3. The fourth-order valence-corrected chi connectivity index (χ4v) is 6.20. The first-order chi connectivity index (χ1) is 18.6. The van der Waals surface area contributed by atoms with Crippen LogP contribution in [0.2, 0.25) is 0 Å². The highest BCUT2D eigenvalue weighted by Gasteiger charge is 2.31. The van der Waals surface area contributed by atoms with Gasteiger partial charge in [0.05, 0.1) is 0 Å². The molecule has 0 heterocycles. The Morgan fingerprint density at radius 1 is 0.605 bits per heavy atom. The topological polar surface area (TPSA) is 34.1 Å². The van der Waals surface area contributed by atoms with Gasteiger partial charge in [-0.05, 0) is 88.4 Å². The zero-order valence-corrected chi connectivity index (χ0v) is 22.1. The summed E-state index contributed by atoms with van der Waals surface area (Å²) in [5, 5.41) is 5.64. The summed E-state index contributed by atoms with van der Waals surface area (Å²) in [7, 11) is 0. The second-order valence-electron chi connectivity index (χ2n) is 10.4. The molecule has 2 nitrogen and oxygen atoms in total. The van der Waals surface area contributed by atoms with Crippen LogP contribution in [0.25, 0.3) is 21.5 Å². The van der Waals surface area contributed by atoms with Crippen LogP contribution in [0.4, 0.5) is 0 Å². The largest absolute Gasteiger partial charge is 0.289 e. The third kappa shape index (κ3) is 4.05. The molecule has 2 heteroatoms. The standard InChI is InChI=1S/C18H16O2.C18H16/c1-3-11-9-12(4-2)16-15(10-11)17(19)13-7-5-6-8-14(13)18(16)20;1-3-7-15-13(5-1)9-11-18-16-8-4-2-6-14(16)10-12-17(15)18/h5-10H,3-4H2,1-2H3;1,3,5,7,9-12H,2,4,6,8H2. The second kappa shape index (κ2) is 10.0. The van der Waals surface area contributed by atoms with Gasteiger partial charge >= 0.3 is 0 Å². The maximum absolute atomic E-state index is 12.7. The molecule has 5 aromatic rings. The predicted octanol–water partition coefficient (Wildman–Crippen LogP) is 8.46. The number of hydrogen-bond acceptors (Lipinski definition) is 2. The van der Waals surface area contributed by atoms with Gasteiger partial charge in [-0.15, -0.1) is 0 Å². The van der Waals surface area contributed by atoms with Gasteiger partial charge in [0.15, 0.2) is 11.6 Å². The van der Waals surface area contributed by atoms with Crippen molar-refractivity contribution in [3.63, 3.8) is 0 Å². The quantitative estimate of drug-likeness (QED) is 0.225. The Labute approximate surface area is 224 Å². The number of hydrogen-bond donors (Lipinski definition) is 0. The van der Waals surface area contributed by atoms with Gasteiger partial charge in [-0.3, -0.25) is 9.59 Å². The number of aryl methyl sites for hydroxylation is 4. The molecule has 7 rings (SSSR count). The smallest absolute Gasteiger partial charge is 0.194 e. The van der Waals surface area contributed by atoms with Gasteiger partial charge in [0.1, 0.15) is 0 Å². The Kier molecular flexibility index (Phi) is 6.41. The van der Waals surface area contributed by atoms with E-state index in [-0.39, 0.29) is 11.6 Å². The molecule has 0 radical (unpaired) electrons. The average molecular weight is 497 g/mol. The van der Waals surface area contributed by atoms with Crippen LogP contribution in [0.5, 0.6) is 0 Å². The van der Waals surface area contributed by atoms with E-state index in [9.17, 15) is 9.59 Å². The van der Waals surface area contributed by atoms with E-state index >= 15 is 0 Å². The van der Waals surface area contributed by atoms with Crippen molar-refractivity contribution in [1.82, 2.24) is 0 Å². The molecule has 0 fully saturated rings. The van der Waals surface area contributed by atoms with Gasteiger partial charge in [0.2, 0.25) is 0 Å². The number of carbonyl (C=O) groups is 2. The molecular weight excluding hydrogens is 464 g/mol. The van der Waals surface area contributed by atoms with Crippen LogP contribution >= 0.6 is 0 Å². The van der Waals surface area contributed by atoms with E-state index in [2.05, 4.69) is 61.5 Å². The van der Waals surface area contributed by atoms with Crippen LogP contribution in [-0.4, -0.2) is 11.6 Å². The van der Waals surface area contributed by atoms with Crippen molar-refractivity contribution >= 4 is 33.1 Å². The van der Waals surface area contributed by atoms with Crippen molar-refractivity contribution in [2.45, 2.75) is 52.4 Å². The second-order valence-corrected chi connectivity index (χ2v) is 10.4. The Balaban J connectivity index is 0.000000140. The molecule has 0 aliphatic heterocycles. The predicted molar refractivity (Wildman–Crippen MR) is 157 cm³/mol. The Bertz CT molecular complexity index is 1720. The zero-order valence-electron chi connectivity index (χ0n) is 22.1. The highest BCUT2D eigenvalue weighted by Crippen LogP contribution is 2.33. The third-order valence-electron chi connectivity index (χ3n) is 8.21. The molecule has 0 saturated heterocycles.